The van der Waals surface area contributed by atoms with Crippen LogP contribution in [0.25, 0.3) is 0 Å². The van der Waals surface area contributed by atoms with Crippen molar-refractivity contribution in [3.63, 3.8) is 0 Å². The molecule has 21 heavy (non-hydrogen) atoms. The Hall–Kier alpha value is -1.46. The van der Waals surface area contributed by atoms with E-state index in [2.05, 4.69) is 17.1 Å². The highest BCUT2D eigenvalue weighted by molar-refractivity contribution is 5.35. The molecule has 1 fully saturated rings. The number of likely N-dealkylation sites (tertiary alicyclic amines) is 1. The molecule has 116 valence electrons. The van der Waals surface area contributed by atoms with Gasteiger partial charge in [-0.2, -0.15) is 0 Å². The summed E-state index contributed by atoms with van der Waals surface area (Å²) < 4.78 is 0. The quantitative estimate of drug-likeness (QED) is 0.619. The zero-order valence-electron chi connectivity index (χ0n) is 12.8. The van der Waals surface area contributed by atoms with Gasteiger partial charge < -0.3 is 10.2 Å². The standard InChI is InChI=1S/C16H25N3O2/c1-2-16(14-7-6-8-15(13-14)19(20)21)17-9-12-18-10-4-3-5-11-18/h6-8,13,16-17H,2-5,9-12H2,1H3. The third-order valence-electron chi connectivity index (χ3n) is 4.16. The van der Waals surface area contributed by atoms with Crippen molar-refractivity contribution < 1.29 is 4.92 Å². The molecule has 5 nitrogen and oxygen atoms in total. The summed E-state index contributed by atoms with van der Waals surface area (Å²) in [4.78, 5) is 13.0. The second-order valence-electron chi connectivity index (χ2n) is 5.67. The van der Waals surface area contributed by atoms with E-state index in [-0.39, 0.29) is 16.7 Å². The maximum atomic E-state index is 10.9. The van der Waals surface area contributed by atoms with Gasteiger partial charge in [-0.15, -0.1) is 0 Å². The fourth-order valence-corrected chi connectivity index (χ4v) is 2.93. The van der Waals surface area contributed by atoms with Crippen LogP contribution in [0, 0.1) is 10.1 Å². The number of nitrogens with zero attached hydrogens (tertiary/aromatic N) is 2. The topological polar surface area (TPSA) is 58.4 Å². The molecule has 1 unspecified atom stereocenters. The number of piperidine rings is 1. The smallest absolute Gasteiger partial charge is 0.269 e. The summed E-state index contributed by atoms with van der Waals surface area (Å²) in [5, 5.41) is 14.4. The van der Waals surface area contributed by atoms with E-state index in [4.69, 9.17) is 0 Å². The molecule has 2 rings (SSSR count). The molecule has 1 aliphatic rings. The first-order valence-corrected chi connectivity index (χ1v) is 7.91. The van der Waals surface area contributed by atoms with E-state index in [1.807, 2.05) is 6.07 Å². The summed E-state index contributed by atoms with van der Waals surface area (Å²) in [6, 6.07) is 7.15. The van der Waals surface area contributed by atoms with Gasteiger partial charge in [-0.3, -0.25) is 10.1 Å². The van der Waals surface area contributed by atoms with E-state index in [1.165, 1.54) is 32.4 Å². The van der Waals surface area contributed by atoms with Crippen LogP contribution >= 0.6 is 0 Å². The second kappa shape index (κ2) is 8.10. The summed E-state index contributed by atoms with van der Waals surface area (Å²) in [6.45, 7) is 6.51. The monoisotopic (exact) mass is 291 g/mol. The number of hydrogen-bond acceptors (Lipinski definition) is 4. The first kappa shape index (κ1) is 15.9. The predicted octanol–water partition coefficient (Wildman–Crippen LogP) is 3.12. The third-order valence-corrected chi connectivity index (χ3v) is 4.16. The molecule has 5 heteroatoms. The Balaban J connectivity index is 1.87. The maximum Gasteiger partial charge on any atom is 0.269 e. The fraction of sp³-hybridized carbons (Fsp3) is 0.625. The molecule has 0 saturated carbocycles. The molecule has 1 aromatic carbocycles. The first-order chi connectivity index (χ1) is 10.2. The van der Waals surface area contributed by atoms with E-state index >= 15 is 0 Å². The Bertz CT molecular complexity index is 459. The predicted molar refractivity (Wildman–Crippen MR) is 84.4 cm³/mol. The summed E-state index contributed by atoms with van der Waals surface area (Å²) in [5.41, 5.74) is 1.18. The highest BCUT2D eigenvalue weighted by atomic mass is 16.6. The van der Waals surface area contributed by atoms with Crippen molar-refractivity contribution in [1.82, 2.24) is 10.2 Å². The van der Waals surface area contributed by atoms with Crippen LogP contribution < -0.4 is 5.32 Å². The summed E-state index contributed by atoms with van der Waals surface area (Å²) in [7, 11) is 0. The van der Waals surface area contributed by atoms with Crippen molar-refractivity contribution in [1.29, 1.82) is 0 Å². The van der Waals surface area contributed by atoms with Gasteiger partial charge in [0.1, 0.15) is 0 Å². The zero-order chi connectivity index (χ0) is 15.1. The molecule has 0 aromatic heterocycles. The number of benzene rings is 1. The summed E-state index contributed by atoms with van der Waals surface area (Å²) in [6.07, 6.45) is 4.90. The number of non-ortho nitro benzene ring substituents is 1. The molecule has 0 spiro atoms. The highest BCUT2D eigenvalue weighted by Gasteiger charge is 2.14. The zero-order valence-corrected chi connectivity index (χ0v) is 12.8. The molecule has 0 amide bonds. The number of nitrogens with one attached hydrogen (secondary N) is 1. The number of nitro groups is 1. The molecule has 1 N–H and O–H groups in total. The maximum absolute atomic E-state index is 10.9. The Morgan fingerprint density at radius 2 is 2.10 bits per heavy atom. The van der Waals surface area contributed by atoms with E-state index in [1.54, 1.807) is 18.2 Å². The van der Waals surface area contributed by atoms with Crippen LogP contribution in [0.15, 0.2) is 24.3 Å². The lowest BCUT2D eigenvalue weighted by atomic mass is 10.0. The summed E-state index contributed by atoms with van der Waals surface area (Å²) >= 11 is 0. The third kappa shape index (κ3) is 4.79. The van der Waals surface area contributed by atoms with Crippen molar-refractivity contribution in [3.05, 3.63) is 39.9 Å². The Labute approximate surface area is 126 Å². The second-order valence-corrected chi connectivity index (χ2v) is 5.67. The SMILES string of the molecule is CCC(NCCN1CCCCC1)c1cccc([N+](=O)[O-])c1. The van der Waals surface area contributed by atoms with Crippen LogP contribution in [0.1, 0.15) is 44.2 Å². The van der Waals surface area contributed by atoms with Crippen molar-refractivity contribution in [2.45, 2.75) is 38.6 Å². The van der Waals surface area contributed by atoms with Gasteiger partial charge in [-0.25, -0.2) is 0 Å². The van der Waals surface area contributed by atoms with Crippen LogP contribution in [-0.2, 0) is 0 Å². The minimum absolute atomic E-state index is 0.170. The van der Waals surface area contributed by atoms with Gasteiger partial charge >= 0.3 is 0 Å². The number of rotatable bonds is 7. The average molecular weight is 291 g/mol. The molecule has 0 radical (unpaired) electrons. The lowest BCUT2D eigenvalue weighted by Gasteiger charge is -2.27. The first-order valence-electron chi connectivity index (χ1n) is 7.91. The molecule has 1 atom stereocenters. The van der Waals surface area contributed by atoms with Gasteiger partial charge in [-0.1, -0.05) is 25.5 Å². The van der Waals surface area contributed by atoms with Crippen LogP contribution in [-0.4, -0.2) is 36.0 Å². The van der Waals surface area contributed by atoms with Crippen LogP contribution in [0.5, 0.6) is 0 Å². The Morgan fingerprint density at radius 3 is 2.76 bits per heavy atom. The lowest BCUT2D eigenvalue weighted by molar-refractivity contribution is -0.384. The largest absolute Gasteiger partial charge is 0.309 e. The van der Waals surface area contributed by atoms with Crippen molar-refractivity contribution >= 4 is 5.69 Å². The molecular weight excluding hydrogens is 266 g/mol. The number of hydrogen-bond donors (Lipinski definition) is 1. The molecule has 1 heterocycles. The van der Waals surface area contributed by atoms with E-state index in [9.17, 15) is 10.1 Å². The van der Waals surface area contributed by atoms with Crippen molar-refractivity contribution in [2.24, 2.45) is 0 Å². The molecule has 1 aliphatic heterocycles. The van der Waals surface area contributed by atoms with Gasteiger partial charge in [0.25, 0.3) is 5.69 Å². The highest BCUT2D eigenvalue weighted by Crippen LogP contribution is 2.21. The van der Waals surface area contributed by atoms with E-state index in [0.717, 1.165) is 25.1 Å². The van der Waals surface area contributed by atoms with E-state index in [0.29, 0.717) is 0 Å². The van der Waals surface area contributed by atoms with Gasteiger partial charge in [0.2, 0.25) is 0 Å². The molecule has 1 saturated heterocycles. The lowest BCUT2D eigenvalue weighted by Crippen LogP contribution is -2.36. The van der Waals surface area contributed by atoms with E-state index < -0.39 is 0 Å². The molecule has 0 aliphatic carbocycles. The Kier molecular flexibility index (Phi) is 6.14. The molecule has 1 aromatic rings. The summed E-state index contributed by atoms with van der Waals surface area (Å²) in [5.74, 6) is 0. The van der Waals surface area contributed by atoms with Crippen LogP contribution in [0.4, 0.5) is 5.69 Å². The van der Waals surface area contributed by atoms with Crippen molar-refractivity contribution in [3.8, 4) is 0 Å². The van der Waals surface area contributed by atoms with Crippen LogP contribution in [0.2, 0.25) is 0 Å². The van der Waals surface area contributed by atoms with Gasteiger partial charge in [0.15, 0.2) is 0 Å². The molecule has 0 bridgehead atoms. The normalized spacial score (nSPS) is 17.6. The Morgan fingerprint density at radius 1 is 1.33 bits per heavy atom. The van der Waals surface area contributed by atoms with Gasteiger partial charge in [0.05, 0.1) is 4.92 Å². The van der Waals surface area contributed by atoms with Crippen LogP contribution in [0.3, 0.4) is 0 Å². The minimum Gasteiger partial charge on any atom is -0.309 e. The van der Waals surface area contributed by atoms with Gasteiger partial charge in [0, 0.05) is 31.3 Å². The minimum atomic E-state index is -0.329. The fourth-order valence-electron chi connectivity index (χ4n) is 2.93. The number of nitro benzene ring substituents is 1. The average Bonchev–Trinajstić information content (AvgIpc) is 2.52. The molecular formula is C16H25N3O2. The van der Waals surface area contributed by atoms with Crippen molar-refractivity contribution in [2.75, 3.05) is 26.2 Å². The van der Waals surface area contributed by atoms with Gasteiger partial charge in [-0.05, 0) is 37.9 Å².